The van der Waals surface area contributed by atoms with Crippen molar-refractivity contribution < 1.29 is 9.59 Å². The third-order valence-corrected chi connectivity index (χ3v) is 3.55. The Morgan fingerprint density at radius 1 is 1.05 bits per heavy atom. The van der Waals surface area contributed by atoms with E-state index in [1.54, 1.807) is 31.2 Å². The van der Waals surface area contributed by atoms with Gasteiger partial charge in [-0.3, -0.25) is 9.59 Å². The van der Waals surface area contributed by atoms with Crippen LogP contribution in [0, 0.1) is 5.92 Å². The van der Waals surface area contributed by atoms with Crippen molar-refractivity contribution in [3.63, 3.8) is 0 Å². The number of anilines is 1. The average Bonchev–Trinajstić information content (AvgIpc) is 2.47. The number of hydrogen-bond donors (Lipinski definition) is 2. The molecule has 0 saturated carbocycles. The van der Waals surface area contributed by atoms with Gasteiger partial charge < -0.3 is 10.6 Å². The van der Waals surface area contributed by atoms with E-state index in [2.05, 4.69) is 24.5 Å². The Kier molecular flexibility index (Phi) is 7.64. The second-order valence-corrected chi connectivity index (χ2v) is 6.18. The first-order valence-electron chi connectivity index (χ1n) is 8.13. The number of carbonyl (C=O) groups excluding carboxylic acids is 2. The third-order valence-electron chi connectivity index (χ3n) is 3.55. The van der Waals surface area contributed by atoms with Crippen molar-refractivity contribution in [3.05, 3.63) is 29.8 Å². The summed E-state index contributed by atoms with van der Waals surface area (Å²) >= 11 is 0. The molecule has 0 aliphatic heterocycles. The summed E-state index contributed by atoms with van der Waals surface area (Å²) in [5.41, 5.74) is 1.33. The Balaban J connectivity index is 2.46. The minimum atomic E-state index is -0.0644. The molecule has 2 N–H and O–H groups in total. The summed E-state index contributed by atoms with van der Waals surface area (Å²) in [6.45, 7) is 8.26. The lowest BCUT2D eigenvalue weighted by atomic mass is 10.0. The molecule has 1 aromatic rings. The second kappa shape index (κ2) is 9.23. The molecule has 0 heterocycles. The van der Waals surface area contributed by atoms with E-state index in [4.69, 9.17) is 0 Å². The average molecular weight is 304 g/mol. The highest BCUT2D eigenvalue weighted by Gasteiger charge is 2.10. The largest absolute Gasteiger partial charge is 0.350 e. The molecule has 1 unspecified atom stereocenters. The minimum Gasteiger partial charge on any atom is -0.350 e. The van der Waals surface area contributed by atoms with Crippen molar-refractivity contribution in [1.29, 1.82) is 0 Å². The fourth-order valence-corrected chi connectivity index (χ4v) is 2.17. The number of nitrogens with one attached hydrogen (secondary N) is 2. The number of amides is 2. The summed E-state index contributed by atoms with van der Waals surface area (Å²) in [7, 11) is 0. The first kappa shape index (κ1) is 18.2. The monoisotopic (exact) mass is 304 g/mol. The standard InChI is InChI=1S/C18H28N2O2/c1-5-17(21)20-16-11-9-15(10-12-16)18(22)19-14(4)8-6-7-13(2)3/h9-14H,5-8H2,1-4H3,(H,19,22)(H,20,21). The van der Waals surface area contributed by atoms with Gasteiger partial charge in [0.15, 0.2) is 0 Å². The van der Waals surface area contributed by atoms with E-state index in [9.17, 15) is 9.59 Å². The van der Waals surface area contributed by atoms with Gasteiger partial charge in [-0.1, -0.05) is 33.6 Å². The van der Waals surface area contributed by atoms with E-state index < -0.39 is 0 Å². The summed E-state index contributed by atoms with van der Waals surface area (Å²) in [4.78, 5) is 23.4. The van der Waals surface area contributed by atoms with Crippen LogP contribution in [-0.4, -0.2) is 17.9 Å². The molecule has 4 nitrogen and oxygen atoms in total. The number of hydrogen-bond acceptors (Lipinski definition) is 2. The van der Waals surface area contributed by atoms with Crippen molar-refractivity contribution in [2.45, 2.75) is 59.4 Å². The second-order valence-electron chi connectivity index (χ2n) is 6.18. The molecule has 0 aliphatic rings. The van der Waals surface area contributed by atoms with Gasteiger partial charge in [0.25, 0.3) is 5.91 Å². The van der Waals surface area contributed by atoms with Crippen molar-refractivity contribution in [3.8, 4) is 0 Å². The smallest absolute Gasteiger partial charge is 0.251 e. The number of benzene rings is 1. The SMILES string of the molecule is CCC(=O)Nc1ccc(C(=O)NC(C)CCCC(C)C)cc1. The molecular weight excluding hydrogens is 276 g/mol. The molecule has 2 amide bonds. The first-order chi connectivity index (χ1) is 10.4. The molecule has 0 saturated heterocycles. The van der Waals surface area contributed by atoms with Gasteiger partial charge in [0.05, 0.1) is 0 Å². The van der Waals surface area contributed by atoms with E-state index >= 15 is 0 Å². The maximum absolute atomic E-state index is 12.1. The summed E-state index contributed by atoms with van der Waals surface area (Å²) in [6.07, 6.45) is 3.75. The van der Waals surface area contributed by atoms with Gasteiger partial charge >= 0.3 is 0 Å². The lowest BCUT2D eigenvalue weighted by Crippen LogP contribution is -2.32. The van der Waals surface area contributed by atoms with Crippen LogP contribution >= 0.6 is 0 Å². The highest BCUT2D eigenvalue weighted by atomic mass is 16.2. The van der Waals surface area contributed by atoms with E-state index in [1.165, 1.54) is 6.42 Å². The van der Waals surface area contributed by atoms with E-state index in [1.807, 2.05) is 6.92 Å². The zero-order valence-corrected chi connectivity index (χ0v) is 14.1. The fraction of sp³-hybridized carbons (Fsp3) is 0.556. The van der Waals surface area contributed by atoms with Crippen LogP contribution in [0.1, 0.15) is 63.7 Å². The maximum atomic E-state index is 12.1. The minimum absolute atomic E-state index is 0.0315. The fourth-order valence-electron chi connectivity index (χ4n) is 2.17. The van der Waals surface area contributed by atoms with Crippen molar-refractivity contribution in [2.75, 3.05) is 5.32 Å². The van der Waals surface area contributed by atoms with Crippen molar-refractivity contribution >= 4 is 17.5 Å². The number of rotatable bonds is 8. The Labute approximate surface area is 133 Å². The molecule has 22 heavy (non-hydrogen) atoms. The lowest BCUT2D eigenvalue weighted by molar-refractivity contribution is -0.115. The third kappa shape index (κ3) is 6.74. The summed E-state index contributed by atoms with van der Waals surface area (Å²) in [5, 5.41) is 5.78. The molecule has 0 aromatic heterocycles. The predicted octanol–water partition coefficient (Wildman–Crippen LogP) is 3.98. The zero-order chi connectivity index (χ0) is 16.5. The van der Waals surface area contributed by atoms with Gasteiger partial charge in [-0.25, -0.2) is 0 Å². The van der Waals surface area contributed by atoms with Crippen LogP contribution in [0.2, 0.25) is 0 Å². The van der Waals surface area contributed by atoms with Gasteiger partial charge in [0, 0.05) is 23.7 Å². The van der Waals surface area contributed by atoms with Gasteiger partial charge in [0.1, 0.15) is 0 Å². The number of carbonyl (C=O) groups is 2. The quantitative estimate of drug-likeness (QED) is 0.763. The highest BCUT2D eigenvalue weighted by molar-refractivity contribution is 5.95. The van der Waals surface area contributed by atoms with E-state index in [0.717, 1.165) is 12.8 Å². The summed E-state index contributed by atoms with van der Waals surface area (Å²) in [6, 6.07) is 7.16. The Bertz CT molecular complexity index is 480. The molecule has 1 aromatic carbocycles. The Morgan fingerprint density at radius 2 is 1.68 bits per heavy atom. The zero-order valence-electron chi connectivity index (χ0n) is 14.1. The van der Waals surface area contributed by atoms with Crippen LogP contribution in [0.4, 0.5) is 5.69 Å². The molecule has 122 valence electrons. The first-order valence-corrected chi connectivity index (χ1v) is 8.13. The molecule has 0 spiro atoms. The van der Waals surface area contributed by atoms with E-state index in [-0.39, 0.29) is 17.9 Å². The predicted molar refractivity (Wildman–Crippen MR) is 91.0 cm³/mol. The Morgan fingerprint density at radius 3 is 2.23 bits per heavy atom. The lowest BCUT2D eigenvalue weighted by Gasteiger charge is -2.14. The summed E-state index contributed by atoms with van der Waals surface area (Å²) < 4.78 is 0. The van der Waals surface area contributed by atoms with Gasteiger partial charge in [-0.05, 0) is 43.5 Å². The van der Waals surface area contributed by atoms with Crippen LogP contribution in [0.15, 0.2) is 24.3 Å². The van der Waals surface area contributed by atoms with Crippen LogP contribution in [0.3, 0.4) is 0 Å². The maximum Gasteiger partial charge on any atom is 0.251 e. The van der Waals surface area contributed by atoms with Crippen molar-refractivity contribution in [1.82, 2.24) is 5.32 Å². The van der Waals surface area contributed by atoms with Crippen LogP contribution in [0.25, 0.3) is 0 Å². The molecule has 4 heteroatoms. The van der Waals surface area contributed by atoms with E-state index in [0.29, 0.717) is 23.6 Å². The van der Waals surface area contributed by atoms with Gasteiger partial charge in [0.2, 0.25) is 5.91 Å². The van der Waals surface area contributed by atoms with Crippen molar-refractivity contribution in [2.24, 2.45) is 5.92 Å². The summed E-state index contributed by atoms with van der Waals surface area (Å²) in [5.74, 6) is 0.607. The topological polar surface area (TPSA) is 58.2 Å². The molecule has 1 atom stereocenters. The highest BCUT2D eigenvalue weighted by Crippen LogP contribution is 2.11. The van der Waals surface area contributed by atoms with Crippen LogP contribution in [-0.2, 0) is 4.79 Å². The van der Waals surface area contributed by atoms with Crippen LogP contribution in [0.5, 0.6) is 0 Å². The molecule has 1 rings (SSSR count). The molecular formula is C18H28N2O2. The molecule has 0 radical (unpaired) electrons. The van der Waals surface area contributed by atoms with Gasteiger partial charge in [-0.15, -0.1) is 0 Å². The van der Waals surface area contributed by atoms with Crippen LogP contribution < -0.4 is 10.6 Å². The van der Waals surface area contributed by atoms with Gasteiger partial charge in [-0.2, -0.15) is 0 Å². The Hall–Kier alpha value is -1.84. The molecule has 0 aliphatic carbocycles. The normalized spacial score (nSPS) is 12.0. The molecule has 0 bridgehead atoms. The molecule has 0 fully saturated rings.